The Morgan fingerprint density at radius 1 is 1.06 bits per heavy atom. The molecule has 1 fully saturated rings. The van der Waals surface area contributed by atoms with Crippen LogP contribution < -0.4 is 10.2 Å². The number of fused-ring (bicyclic) bond motifs is 2. The van der Waals surface area contributed by atoms with E-state index >= 15 is 0 Å². The van der Waals surface area contributed by atoms with Gasteiger partial charge < -0.3 is 15.1 Å². The molecule has 0 bridgehead atoms. The number of aromatic nitrogens is 5. The van der Waals surface area contributed by atoms with E-state index in [1.807, 2.05) is 43.5 Å². The van der Waals surface area contributed by atoms with Crippen LogP contribution in [0.2, 0.25) is 5.02 Å². The molecule has 1 aliphatic rings. The molecule has 0 saturated carbocycles. The maximum atomic E-state index is 6.51. The van der Waals surface area contributed by atoms with Crippen molar-refractivity contribution in [1.82, 2.24) is 29.5 Å². The van der Waals surface area contributed by atoms with Crippen molar-refractivity contribution in [3.63, 3.8) is 0 Å². The fraction of sp³-hybridized carbons (Fsp3) is 0.240. The molecule has 0 unspecified atom stereocenters. The van der Waals surface area contributed by atoms with E-state index < -0.39 is 0 Å². The van der Waals surface area contributed by atoms with Crippen LogP contribution in [0, 0.1) is 6.92 Å². The number of halogens is 1. The Hall–Kier alpha value is -3.62. The van der Waals surface area contributed by atoms with Crippen LogP contribution in [0.4, 0.5) is 17.3 Å². The number of likely N-dealkylation sites (N-methyl/N-ethyl adjacent to an activating group) is 1. The summed E-state index contributed by atoms with van der Waals surface area (Å²) in [6.07, 6.45) is 3.91. The molecule has 3 aromatic heterocycles. The van der Waals surface area contributed by atoms with Crippen LogP contribution in [-0.2, 0) is 0 Å². The first kappa shape index (κ1) is 20.9. The maximum absolute atomic E-state index is 6.51. The number of H-pyrrole nitrogens is 1. The van der Waals surface area contributed by atoms with Gasteiger partial charge in [0.15, 0.2) is 5.65 Å². The molecule has 4 heterocycles. The fourth-order valence-electron chi connectivity index (χ4n) is 4.44. The number of anilines is 3. The first-order valence-corrected chi connectivity index (χ1v) is 11.7. The lowest BCUT2D eigenvalue weighted by Gasteiger charge is -2.33. The molecule has 0 atom stereocenters. The molecular weight excluding hydrogens is 448 g/mol. The Morgan fingerprint density at radius 3 is 2.71 bits per heavy atom. The van der Waals surface area contributed by atoms with Gasteiger partial charge in [-0.3, -0.25) is 9.50 Å². The van der Waals surface area contributed by atoms with Crippen molar-refractivity contribution in [2.45, 2.75) is 6.92 Å². The van der Waals surface area contributed by atoms with Gasteiger partial charge in [0.2, 0.25) is 0 Å². The number of rotatable bonds is 4. The molecule has 0 amide bonds. The van der Waals surface area contributed by atoms with Crippen LogP contribution in [0.1, 0.15) is 5.69 Å². The van der Waals surface area contributed by atoms with Crippen molar-refractivity contribution in [3.05, 3.63) is 65.6 Å². The second kappa shape index (κ2) is 8.30. The number of aryl methyl sites for hydroxylation is 1. The minimum absolute atomic E-state index is 0.651. The Kier molecular flexibility index (Phi) is 5.12. The molecule has 2 N–H and O–H groups in total. The number of aromatic amines is 1. The quantitative estimate of drug-likeness (QED) is 0.394. The van der Waals surface area contributed by atoms with Crippen LogP contribution in [0.5, 0.6) is 0 Å². The second-order valence-electron chi connectivity index (χ2n) is 8.76. The molecule has 1 saturated heterocycles. The van der Waals surface area contributed by atoms with Gasteiger partial charge in [0.05, 0.1) is 28.6 Å². The largest absolute Gasteiger partial charge is 0.353 e. The van der Waals surface area contributed by atoms with E-state index in [1.54, 1.807) is 0 Å². The Bertz CT molecular complexity index is 1500. The van der Waals surface area contributed by atoms with Crippen LogP contribution in [-0.4, -0.2) is 62.7 Å². The normalized spacial score (nSPS) is 14.9. The van der Waals surface area contributed by atoms with E-state index in [2.05, 4.69) is 55.1 Å². The molecule has 6 rings (SSSR count). The average molecular weight is 473 g/mol. The third-order valence-electron chi connectivity index (χ3n) is 6.47. The molecule has 8 nitrogen and oxygen atoms in total. The summed E-state index contributed by atoms with van der Waals surface area (Å²) < 4.78 is 2.08. The summed E-state index contributed by atoms with van der Waals surface area (Å²) in [5.41, 5.74) is 5.39. The third kappa shape index (κ3) is 3.65. The van der Waals surface area contributed by atoms with Crippen LogP contribution in [0.25, 0.3) is 27.8 Å². The lowest BCUT2D eigenvalue weighted by atomic mass is 10.1. The van der Waals surface area contributed by atoms with Crippen molar-refractivity contribution >= 4 is 45.5 Å². The van der Waals surface area contributed by atoms with Gasteiger partial charge in [0.1, 0.15) is 17.3 Å². The minimum atomic E-state index is 0.651. The van der Waals surface area contributed by atoms with Crippen LogP contribution >= 0.6 is 11.6 Å². The van der Waals surface area contributed by atoms with Crippen LogP contribution in [0.3, 0.4) is 0 Å². The lowest BCUT2D eigenvalue weighted by molar-refractivity contribution is 0.312. The number of para-hydroxylation sites is 1. The zero-order chi connectivity index (χ0) is 23.2. The van der Waals surface area contributed by atoms with E-state index in [1.165, 1.54) is 0 Å². The summed E-state index contributed by atoms with van der Waals surface area (Å²) >= 11 is 6.51. The van der Waals surface area contributed by atoms with Crippen LogP contribution in [0.15, 0.2) is 54.9 Å². The van der Waals surface area contributed by atoms with Gasteiger partial charge in [-0.1, -0.05) is 29.8 Å². The average Bonchev–Trinajstić information content (AvgIpc) is 3.41. The van der Waals surface area contributed by atoms with E-state index in [9.17, 15) is 0 Å². The van der Waals surface area contributed by atoms with Crippen molar-refractivity contribution in [1.29, 1.82) is 0 Å². The number of hydrogen-bond acceptors (Lipinski definition) is 6. The van der Waals surface area contributed by atoms with Gasteiger partial charge in [-0.25, -0.2) is 9.97 Å². The van der Waals surface area contributed by atoms with Gasteiger partial charge in [-0.2, -0.15) is 5.10 Å². The number of nitrogens with one attached hydrogen (secondary N) is 2. The summed E-state index contributed by atoms with van der Waals surface area (Å²) in [6, 6.07) is 13.9. The van der Waals surface area contributed by atoms with E-state index in [0.29, 0.717) is 5.02 Å². The van der Waals surface area contributed by atoms with Gasteiger partial charge in [0.25, 0.3) is 0 Å². The lowest BCUT2D eigenvalue weighted by Crippen LogP contribution is -2.44. The van der Waals surface area contributed by atoms with Crippen molar-refractivity contribution in [2.75, 3.05) is 43.4 Å². The molecule has 0 spiro atoms. The highest BCUT2D eigenvalue weighted by atomic mass is 35.5. The summed E-state index contributed by atoms with van der Waals surface area (Å²) in [4.78, 5) is 14.4. The zero-order valence-corrected chi connectivity index (χ0v) is 19.8. The molecule has 1 aliphatic heterocycles. The topological polar surface area (TPSA) is 77.4 Å². The predicted molar refractivity (Wildman–Crippen MR) is 137 cm³/mol. The number of hydrogen-bond donors (Lipinski definition) is 2. The van der Waals surface area contributed by atoms with Crippen molar-refractivity contribution in [2.24, 2.45) is 0 Å². The fourth-order valence-corrected chi connectivity index (χ4v) is 4.62. The zero-order valence-electron chi connectivity index (χ0n) is 19.1. The molecular formula is C25H25ClN8. The number of imidazole rings is 1. The first-order chi connectivity index (χ1) is 16.6. The maximum Gasteiger partial charge on any atom is 0.157 e. The summed E-state index contributed by atoms with van der Waals surface area (Å²) in [7, 11) is 2.15. The highest BCUT2D eigenvalue weighted by molar-refractivity contribution is 6.33. The molecule has 0 aliphatic carbocycles. The summed E-state index contributed by atoms with van der Waals surface area (Å²) in [6.45, 7) is 5.95. The predicted octanol–water partition coefficient (Wildman–Crippen LogP) is 4.73. The first-order valence-electron chi connectivity index (χ1n) is 11.3. The van der Waals surface area contributed by atoms with Gasteiger partial charge in [0, 0.05) is 42.8 Å². The number of nitrogens with zero attached hydrogens (tertiary/aromatic N) is 6. The number of piperazine rings is 1. The SMILES string of the molecule is Cc1[nH]nc2ccc(-c3nc4cnc(N5CCN(C)CC5)cn4c3Nc3ccccc3Cl)cc12. The Labute approximate surface area is 202 Å². The Morgan fingerprint density at radius 2 is 1.88 bits per heavy atom. The highest BCUT2D eigenvalue weighted by Crippen LogP contribution is 2.35. The van der Waals surface area contributed by atoms with E-state index in [4.69, 9.17) is 21.6 Å². The second-order valence-corrected chi connectivity index (χ2v) is 9.17. The number of benzene rings is 2. The standard InChI is InChI=1S/C25H25ClN8/c1-16-18-13-17(7-8-20(18)31-30-16)24-25(28-21-6-4-3-5-19(21)26)34-15-23(27-14-22(34)29-24)33-11-9-32(2)10-12-33/h3-8,13-15,28H,9-12H2,1-2H3,(H,30,31). The van der Waals surface area contributed by atoms with E-state index in [-0.39, 0.29) is 0 Å². The minimum Gasteiger partial charge on any atom is -0.353 e. The van der Waals surface area contributed by atoms with Gasteiger partial charge in [-0.15, -0.1) is 0 Å². The Balaban J connectivity index is 1.51. The molecule has 9 heteroatoms. The third-order valence-corrected chi connectivity index (χ3v) is 6.80. The molecule has 172 valence electrons. The molecule has 0 radical (unpaired) electrons. The van der Waals surface area contributed by atoms with E-state index in [0.717, 1.165) is 77.0 Å². The summed E-state index contributed by atoms with van der Waals surface area (Å²) in [5.74, 6) is 1.79. The van der Waals surface area contributed by atoms with Crippen molar-refractivity contribution in [3.8, 4) is 11.3 Å². The van der Waals surface area contributed by atoms with Crippen molar-refractivity contribution < 1.29 is 0 Å². The van der Waals surface area contributed by atoms with Gasteiger partial charge in [-0.05, 0) is 38.2 Å². The smallest absolute Gasteiger partial charge is 0.157 e. The molecule has 2 aromatic carbocycles. The monoisotopic (exact) mass is 472 g/mol. The highest BCUT2D eigenvalue weighted by Gasteiger charge is 2.20. The molecule has 34 heavy (non-hydrogen) atoms. The van der Waals surface area contributed by atoms with Gasteiger partial charge >= 0.3 is 0 Å². The summed E-state index contributed by atoms with van der Waals surface area (Å²) in [5, 5.41) is 12.7. The molecule has 5 aromatic rings.